The van der Waals surface area contributed by atoms with Crippen LogP contribution in [0.5, 0.6) is 34.5 Å². The molecule has 1 aromatic heterocycles. The van der Waals surface area contributed by atoms with Gasteiger partial charge in [-0.05, 0) is 48.6 Å². The number of aromatic nitrogens is 2. The zero-order valence-corrected chi connectivity index (χ0v) is 21.7. The second-order valence-electron chi connectivity index (χ2n) is 7.54. The number of ether oxygens (including phenoxy) is 4. The number of benzene rings is 2. The number of methoxy groups -OCH3 is 4. The molecule has 0 saturated heterocycles. The van der Waals surface area contributed by atoms with Gasteiger partial charge in [0.1, 0.15) is 11.4 Å². The van der Waals surface area contributed by atoms with Crippen molar-refractivity contribution in [3.63, 3.8) is 0 Å². The molecule has 0 aliphatic carbocycles. The lowest BCUT2D eigenvalue weighted by Crippen LogP contribution is -3.00. The Labute approximate surface area is 215 Å². The van der Waals surface area contributed by atoms with Crippen LogP contribution in [0.25, 0.3) is 24.3 Å². The van der Waals surface area contributed by atoms with Crippen molar-refractivity contribution in [2.45, 2.75) is 0 Å². The van der Waals surface area contributed by atoms with E-state index in [-0.39, 0.29) is 41.1 Å². The SMILES string of the molecule is COc1ccc(C=Cc2cc(C=Cc3ccc(OC)c(O)c3OC)[n+](C)c(=O)n2C)c(OC)c1O.[Cl-]. The first-order valence-corrected chi connectivity index (χ1v) is 10.6. The lowest BCUT2D eigenvalue weighted by molar-refractivity contribution is -0.692. The van der Waals surface area contributed by atoms with E-state index in [1.807, 2.05) is 6.07 Å². The maximum atomic E-state index is 12.9. The molecule has 0 atom stereocenters. The van der Waals surface area contributed by atoms with E-state index in [2.05, 4.69) is 0 Å². The molecular weight excluding hydrogens is 488 g/mol. The fraction of sp³-hybridized carbons (Fsp3) is 0.231. The van der Waals surface area contributed by atoms with Gasteiger partial charge in [0.2, 0.25) is 11.5 Å². The number of nitrogens with zero attached hydrogens (tertiary/aromatic N) is 2. The zero-order valence-electron chi connectivity index (χ0n) is 20.9. The molecule has 2 aromatic carbocycles. The molecule has 9 nitrogen and oxygen atoms in total. The smallest absolute Gasteiger partial charge is 0.498 e. The Balaban J connectivity index is 0.00000456. The monoisotopic (exact) mass is 516 g/mol. The van der Waals surface area contributed by atoms with E-state index >= 15 is 0 Å². The summed E-state index contributed by atoms with van der Waals surface area (Å²) >= 11 is 0. The minimum atomic E-state index is -0.235. The Hall–Kier alpha value is -4.11. The third-order valence-corrected chi connectivity index (χ3v) is 5.61. The van der Waals surface area contributed by atoms with Crippen LogP contribution in [0.15, 0.2) is 35.1 Å². The van der Waals surface area contributed by atoms with E-state index < -0.39 is 0 Å². The van der Waals surface area contributed by atoms with Gasteiger partial charge in [0.05, 0.1) is 42.5 Å². The van der Waals surface area contributed by atoms with Crippen LogP contribution in [0.1, 0.15) is 22.5 Å². The number of hydrogen-bond donors (Lipinski definition) is 2. The van der Waals surface area contributed by atoms with Gasteiger partial charge in [-0.25, -0.2) is 0 Å². The number of rotatable bonds is 8. The molecule has 0 fully saturated rings. The Morgan fingerprint density at radius 3 is 1.69 bits per heavy atom. The van der Waals surface area contributed by atoms with Gasteiger partial charge < -0.3 is 41.6 Å². The Morgan fingerprint density at radius 2 is 1.25 bits per heavy atom. The molecule has 0 aliphatic heterocycles. The third kappa shape index (κ3) is 5.41. The first-order valence-electron chi connectivity index (χ1n) is 10.6. The summed E-state index contributed by atoms with van der Waals surface area (Å²) in [6, 6.07) is 8.59. The quantitative estimate of drug-likeness (QED) is 0.406. The fourth-order valence-electron chi connectivity index (χ4n) is 3.62. The topological polar surface area (TPSA) is 103 Å². The lowest BCUT2D eigenvalue weighted by atomic mass is 10.1. The summed E-state index contributed by atoms with van der Waals surface area (Å²) in [5.74, 6) is 0.907. The highest BCUT2D eigenvalue weighted by atomic mass is 35.5. The molecule has 0 saturated carbocycles. The van der Waals surface area contributed by atoms with Gasteiger partial charge in [0.25, 0.3) is 0 Å². The minimum absolute atomic E-state index is 0. The summed E-state index contributed by atoms with van der Waals surface area (Å²) in [4.78, 5) is 12.9. The predicted octanol–water partition coefficient (Wildman–Crippen LogP) is 0.000200. The molecule has 10 heteroatoms. The van der Waals surface area contributed by atoms with Crippen molar-refractivity contribution in [1.29, 1.82) is 0 Å². The van der Waals surface area contributed by atoms with E-state index in [0.29, 0.717) is 34.0 Å². The third-order valence-electron chi connectivity index (χ3n) is 5.61. The number of phenols is 2. The second-order valence-corrected chi connectivity index (χ2v) is 7.54. The Bertz CT molecular complexity index is 1260. The van der Waals surface area contributed by atoms with Crippen LogP contribution >= 0.6 is 0 Å². The van der Waals surface area contributed by atoms with Gasteiger partial charge in [-0.1, -0.05) is 0 Å². The standard InChI is InChI=1S/C26H28N2O7.ClH/c1-27-18(11-7-16-9-13-20(32-3)22(29)24(16)34-5)15-19(28(2)26(27)31)12-8-17-10-14-21(33-4)23(30)25(17)35-6;/h7-15H,1-6H3,(H-,29,30);1H. The summed E-state index contributed by atoms with van der Waals surface area (Å²) in [5.41, 5.74) is 2.23. The number of phenolic OH excluding ortho intramolecular Hbond substituents is 2. The molecule has 2 N–H and O–H groups in total. The molecule has 3 aromatic rings. The van der Waals surface area contributed by atoms with Gasteiger partial charge in [-0.2, -0.15) is 13.9 Å². The van der Waals surface area contributed by atoms with Gasteiger partial charge in [0.15, 0.2) is 23.0 Å². The maximum Gasteiger partial charge on any atom is 0.498 e. The molecular formula is C26H29ClN2O7. The van der Waals surface area contributed by atoms with Crippen molar-refractivity contribution in [2.75, 3.05) is 28.4 Å². The van der Waals surface area contributed by atoms with Crippen LogP contribution in [0.4, 0.5) is 0 Å². The Morgan fingerprint density at radius 1 is 0.778 bits per heavy atom. The van der Waals surface area contributed by atoms with E-state index in [4.69, 9.17) is 18.9 Å². The summed E-state index contributed by atoms with van der Waals surface area (Å²) in [7, 11) is 9.17. The molecule has 0 amide bonds. The molecule has 0 aliphatic rings. The largest absolute Gasteiger partial charge is 1.00 e. The van der Waals surface area contributed by atoms with Crippen molar-refractivity contribution in [3.05, 3.63) is 63.3 Å². The van der Waals surface area contributed by atoms with Gasteiger partial charge in [0, 0.05) is 17.2 Å². The van der Waals surface area contributed by atoms with Crippen LogP contribution in [0, 0.1) is 0 Å². The van der Waals surface area contributed by atoms with Crippen LogP contribution in [0.3, 0.4) is 0 Å². The summed E-state index contributed by atoms with van der Waals surface area (Å²) in [5, 5.41) is 20.7. The van der Waals surface area contributed by atoms with E-state index in [9.17, 15) is 15.0 Å². The van der Waals surface area contributed by atoms with Crippen LogP contribution in [0.2, 0.25) is 0 Å². The highest BCUT2D eigenvalue weighted by molar-refractivity contribution is 5.77. The second kappa shape index (κ2) is 12.0. The fourth-order valence-corrected chi connectivity index (χ4v) is 3.62. The van der Waals surface area contributed by atoms with Crippen molar-refractivity contribution in [1.82, 2.24) is 4.57 Å². The normalized spacial score (nSPS) is 10.9. The van der Waals surface area contributed by atoms with Crippen LogP contribution in [-0.4, -0.2) is 43.2 Å². The van der Waals surface area contributed by atoms with Crippen molar-refractivity contribution in [3.8, 4) is 34.5 Å². The highest BCUT2D eigenvalue weighted by Gasteiger charge is 2.16. The molecule has 0 bridgehead atoms. The average molecular weight is 517 g/mol. The van der Waals surface area contributed by atoms with Crippen LogP contribution < -0.4 is 41.6 Å². The van der Waals surface area contributed by atoms with Gasteiger partial charge in [-0.3, -0.25) is 0 Å². The summed E-state index contributed by atoms with van der Waals surface area (Å²) in [6.45, 7) is 0. The molecule has 192 valence electrons. The van der Waals surface area contributed by atoms with Gasteiger partial charge in [-0.15, -0.1) is 0 Å². The molecule has 0 spiro atoms. The Kier molecular flexibility index (Phi) is 9.40. The van der Waals surface area contributed by atoms with E-state index in [0.717, 1.165) is 0 Å². The van der Waals surface area contributed by atoms with Crippen molar-refractivity contribution in [2.24, 2.45) is 14.1 Å². The summed E-state index contributed by atoms with van der Waals surface area (Å²) in [6.07, 6.45) is 6.99. The van der Waals surface area contributed by atoms with Crippen molar-refractivity contribution >= 4 is 24.3 Å². The predicted molar refractivity (Wildman–Crippen MR) is 133 cm³/mol. The average Bonchev–Trinajstić information content (AvgIpc) is 2.86. The van der Waals surface area contributed by atoms with Crippen LogP contribution in [-0.2, 0) is 14.1 Å². The van der Waals surface area contributed by atoms with E-state index in [1.54, 1.807) is 62.7 Å². The maximum absolute atomic E-state index is 12.9. The number of aromatic hydroxyl groups is 2. The minimum Gasteiger partial charge on any atom is -1.00 e. The molecule has 0 radical (unpaired) electrons. The first kappa shape index (κ1) is 28.1. The lowest BCUT2D eigenvalue weighted by Gasteiger charge is -2.11. The molecule has 0 unspecified atom stereocenters. The molecule has 3 rings (SSSR count). The number of halogens is 1. The van der Waals surface area contributed by atoms with E-state index in [1.165, 1.54) is 37.6 Å². The highest BCUT2D eigenvalue weighted by Crippen LogP contribution is 2.40. The van der Waals surface area contributed by atoms with Crippen molar-refractivity contribution < 1.29 is 46.1 Å². The molecule has 36 heavy (non-hydrogen) atoms. The first-order chi connectivity index (χ1) is 16.8. The van der Waals surface area contributed by atoms with Gasteiger partial charge >= 0.3 is 5.69 Å². The number of hydrogen-bond acceptors (Lipinski definition) is 7. The zero-order chi connectivity index (χ0) is 25.7. The molecule has 1 heterocycles. The summed E-state index contributed by atoms with van der Waals surface area (Å²) < 4.78 is 23.9.